The number of alkyl halides is 3. The van der Waals surface area contributed by atoms with Crippen molar-refractivity contribution in [2.24, 2.45) is 0 Å². The fourth-order valence-electron chi connectivity index (χ4n) is 1.50. The molecule has 6 heteroatoms. The number of piperidine rings is 1. The molecular weight excluding hydrogens is 209 g/mol. The summed E-state index contributed by atoms with van der Waals surface area (Å²) in [6, 6.07) is 0. The molecule has 1 saturated heterocycles. The first-order valence-electron chi connectivity index (χ1n) is 4.96. The third-order valence-corrected chi connectivity index (χ3v) is 2.24. The number of halogens is 3. The van der Waals surface area contributed by atoms with E-state index in [-0.39, 0.29) is 6.61 Å². The number of amidine groups is 1. The van der Waals surface area contributed by atoms with Gasteiger partial charge >= 0.3 is 6.18 Å². The van der Waals surface area contributed by atoms with Gasteiger partial charge in [-0.2, -0.15) is 13.2 Å². The standard InChI is InChI=1S/C9H15F3N2O/c10-9(11,12)7-15-6-5-14-4-2-1-3-8(14)13/h13H,1-7H2. The van der Waals surface area contributed by atoms with Crippen LogP contribution in [0.25, 0.3) is 0 Å². The number of ether oxygens (including phenoxy) is 1. The largest absolute Gasteiger partial charge is 0.411 e. The molecule has 0 amide bonds. The Morgan fingerprint density at radius 2 is 2.07 bits per heavy atom. The number of hydrogen-bond acceptors (Lipinski definition) is 2. The van der Waals surface area contributed by atoms with Gasteiger partial charge in [-0.15, -0.1) is 0 Å². The van der Waals surface area contributed by atoms with Crippen LogP contribution in [-0.4, -0.2) is 43.2 Å². The lowest BCUT2D eigenvalue weighted by molar-refractivity contribution is -0.174. The van der Waals surface area contributed by atoms with Crippen LogP contribution in [0.1, 0.15) is 19.3 Å². The van der Waals surface area contributed by atoms with Crippen molar-refractivity contribution < 1.29 is 17.9 Å². The molecular formula is C9H15F3N2O. The van der Waals surface area contributed by atoms with Crippen LogP contribution in [0.2, 0.25) is 0 Å². The highest BCUT2D eigenvalue weighted by Crippen LogP contribution is 2.14. The highest BCUT2D eigenvalue weighted by molar-refractivity contribution is 5.79. The summed E-state index contributed by atoms with van der Waals surface area (Å²) in [5, 5.41) is 7.55. The van der Waals surface area contributed by atoms with E-state index < -0.39 is 12.8 Å². The molecule has 15 heavy (non-hydrogen) atoms. The topological polar surface area (TPSA) is 36.3 Å². The van der Waals surface area contributed by atoms with Gasteiger partial charge in [-0.3, -0.25) is 5.41 Å². The van der Waals surface area contributed by atoms with Gasteiger partial charge < -0.3 is 9.64 Å². The van der Waals surface area contributed by atoms with Crippen molar-refractivity contribution in [1.29, 1.82) is 5.41 Å². The highest BCUT2D eigenvalue weighted by atomic mass is 19.4. The SMILES string of the molecule is N=C1CCCCN1CCOCC(F)(F)F. The minimum atomic E-state index is -4.25. The van der Waals surface area contributed by atoms with Crippen molar-refractivity contribution in [3.05, 3.63) is 0 Å². The number of hydrogen-bond donors (Lipinski definition) is 1. The van der Waals surface area contributed by atoms with Crippen molar-refractivity contribution in [2.75, 3.05) is 26.3 Å². The zero-order chi connectivity index (χ0) is 11.3. The molecule has 1 heterocycles. The van der Waals surface area contributed by atoms with Crippen molar-refractivity contribution in [3.63, 3.8) is 0 Å². The van der Waals surface area contributed by atoms with Crippen LogP contribution < -0.4 is 0 Å². The summed E-state index contributed by atoms with van der Waals surface area (Å²) in [5.74, 6) is 0.511. The fraction of sp³-hybridized carbons (Fsp3) is 0.889. The average Bonchev–Trinajstić information content (AvgIpc) is 2.13. The van der Waals surface area contributed by atoms with E-state index in [1.165, 1.54) is 0 Å². The minimum absolute atomic E-state index is 0.0297. The maximum Gasteiger partial charge on any atom is 0.411 e. The molecule has 0 aromatic rings. The van der Waals surface area contributed by atoms with Gasteiger partial charge in [0.05, 0.1) is 12.4 Å². The predicted molar refractivity (Wildman–Crippen MR) is 50.0 cm³/mol. The first-order chi connectivity index (χ1) is 6.99. The van der Waals surface area contributed by atoms with E-state index in [0.29, 0.717) is 12.4 Å². The Morgan fingerprint density at radius 3 is 2.67 bits per heavy atom. The summed E-state index contributed by atoms with van der Waals surface area (Å²) in [6.07, 6.45) is -1.53. The maximum atomic E-state index is 11.7. The van der Waals surface area contributed by atoms with Crippen LogP contribution in [0.15, 0.2) is 0 Å². The van der Waals surface area contributed by atoms with E-state index in [0.717, 1.165) is 25.8 Å². The van der Waals surface area contributed by atoms with E-state index in [1.807, 2.05) is 0 Å². The summed E-state index contributed by atoms with van der Waals surface area (Å²) < 4.78 is 39.6. The summed E-state index contributed by atoms with van der Waals surface area (Å²) >= 11 is 0. The molecule has 0 atom stereocenters. The Balaban J connectivity index is 2.11. The third kappa shape index (κ3) is 5.01. The molecule has 0 aromatic heterocycles. The Kier molecular flexibility index (Phi) is 4.38. The number of nitrogens with zero attached hydrogens (tertiary/aromatic N) is 1. The normalized spacial score (nSPS) is 18.3. The summed E-state index contributed by atoms with van der Waals surface area (Å²) in [6.45, 7) is -0.0286. The molecule has 0 spiro atoms. The smallest absolute Gasteiger partial charge is 0.370 e. The quantitative estimate of drug-likeness (QED) is 0.742. The van der Waals surface area contributed by atoms with E-state index in [1.54, 1.807) is 4.90 Å². The molecule has 1 fully saturated rings. The molecule has 0 aromatic carbocycles. The van der Waals surface area contributed by atoms with Crippen LogP contribution in [-0.2, 0) is 4.74 Å². The van der Waals surface area contributed by atoms with Gasteiger partial charge in [0.15, 0.2) is 0 Å². The van der Waals surface area contributed by atoms with Crippen molar-refractivity contribution in [2.45, 2.75) is 25.4 Å². The molecule has 0 radical (unpaired) electrons. The zero-order valence-corrected chi connectivity index (χ0v) is 8.44. The van der Waals surface area contributed by atoms with Crippen molar-refractivity contribution >= 4 is 5.84 Å². The van der Waals surface area contributed by atoms with E-state index in [9.17, 15) is 13.2 Å². The molecule has 1 aliphatic rings. The van der Waals surface area contributed by atoms with Crippen LogP contribution >= 0.6 is 0 Å². The van der Waals surface area contributed by atoms with Gasteiger partial charge in [0.1, 0.15) is 6.61 Å². The molecule has 3 nitrogen and oxygen atoms in total. The lowest BCUT2D eigenvalue weighted by Gasteiger charge is -2.29. The molecule has 1 rings (SSSR count). The average molecular weight is 224 g/mol. The van der Waals surface area contributed by atoms with Gasteiger partial charge in [0.25, 0.3) is 0 Å². The highest BCUT2D eigenvalue weighted by Gasteiger charge is 2.27. The van der Waals surface area contributed by atoms with Gasteiger partial charge in [-0.1, -0.05) is 0 Å². The van der Waals surface area contributed by atoms with Gasteiger partial charge in [-0.25, -0.2) is 0 Å². The van der Waals surface area contributed by atoms with Crippen molar-refractivity contribution in [1.82, 2.24) is 4.90 Å². The Morgan fingerprint density at radius 1 is 1.33 bits per heavy atom. The second-order valence-corrected chi connectivity index (χ2v) is 3.56. The summed E-state index contributed by atoms with van der Waals surface area (Å²) in [7, 11) is 0. The monoisotopic (exact) mass is 224 g/mol. The molecule has 0 unspecified atom stereocenters. The first-order valence-corrected chi connectivity index (χ1v) is 4.96. The Labute approximate surface area is 86.7 Å². The van der Waals surface area contributed by atoms with E-state index in [2.05, 4.69) is 4.74 Å². The van der Waals surface area contributed by atoms with E-state index in [4.69, 9.17) is 5.41 Å². The molecule has 0 saturated carbocycles. The molecule has 0 bridgehead atoms. The lowest BCUT2D eigenvalue weighted by atomic mass is 10.1. The Bertz CT molecular complexity index is 218. The maximum absolute atomic E-state index is 11.7. The molecule has 1 aliphatic heterocycles. The van der Waals surface area contributed by atoms with Gasteiger partial charge in [0.2, 0.25) is 0 Å². The second-order valence-electron chi connectivity index (χ2n) is 3.56. The first kappa shape index (κ1) is 12.3. The zero-order valence-electron chi connectivity index (χ0n) is 8.44. The Hall–Kier alpha value is -0.780. The number of likely N-dealkylation sites (tertiary alicyclic amines) is 1. The third-order valence-electron chi connectivity index (χ3n) is 2.24. The molecule has 88 valence electrons. The summed E-state index contributed by atoms with van der Waals surface area (Å²) in [4.78, 5) is 1.78. The molecule has 0 aliphatic carbocycles. The molecule has 1 N–H and O–H groups in total. The van der Waals surface area contributed by atoms with Crippen LogP contribution in [0.3, 0.4) is 0 Å². The van der Waals surface area contributed by atoms with E-state index >= 15 is 0 Å². The van der Waals surface area contributed by atoms with Crippen LogP contribution in [0.5, 0.6) is 0 Å². The van der Waals surface area contributed by atoms with Crippen LogP contribution in [0.4, 0.5) is 13.2 Å². The predicted octanol–water partition coefficient (Wildman–Crippen LogP) is 2.03. The second kappa shape index (κ2) is 5.34. The number of rotatable bonds is 4. The van der Waals surface area contributed by atoms with Gasteiger partial charge in [-0.05, 0) is 12.8 Å². The lowest BCUT2D eigenvalue weighted by Crippen LogP contribution is -2.37. The minimum Gasteiger partial charge on any atom is -0.370 e. The van der Waals surface area contributed by atoms with Crippen LogP contribution in [0, 0.1) is 5.41 Å². The fourth-order valence-corrected chi connectivity index (χ4v) is 1.50. The summed E-state index contributed by atoms with van der Waals surface area (Å²) in [5.41, 5.74) is 0. The number of nitrogens with one attached hydrogen (secondary N) is 1. The van der Waals surface area contributed by atoms with Gasteiger partial charge in [0, 0.05) is 19.5 Å². The van der Waals surface area contributed by atoms with Crippen molar-refractivity contribution in [3.8, 4) is 0 Å².